The second kappa shape index (κ2) is 4.13. The average Bonchev–Trinajstić information content (AvgIpc) is 3.13. The second-order valence-electron chi connectivity index (χ2n) is 5.63. The standard InChI is InChI=1S/C16H14N2O2/c19-15-12-9-6-7-10(8-9)13(12)16(20)14(15)18-17-11-4-2-1-3-5-11/h1-7,9-10,12-13,19H,8H2/t9-,10+,12-,13-/m0/s1. The van der Waals surface area contributed by atoms with Crippen LogP contribution in [0.2, 0.25) is 0 Å². The number of aliphatic hydroxyl groups is 1. The van der Waals surface area contributed by atoms with Crippen LogP contribution in [-0.4, -0.2) is 10.9 Å². The van der Waals surface area contributed by atoms with Crippen molar-refractivity contribution >= 4 is 11.5 Å². The Morgan fingerprint density at radius 2 is 1.70 bits per heavy atom. The molecule has 2 bridgehead atoms. The van der Waals surface area contributed by atoms with Crippen molar-refractivity contribution in [2.24, 2.45) is 33.9 Å². The van der Waals surface area contributed by atoms with E-state index < -0.39 is 0 Å². The smallest absolute Gasteiger partial charge is 0.190 e. The minimum atomic E-state index is -0.116. The Labute approximate surface area is 116 Å². The zero-order valence-electron chi connectivity index (χ0n) is 10.8. The molecule has 4 rings (SSSR count). The van der Waals surface area contributed by atoms with E-state index in [0.29, 0.717) is 11.6 Å². The first-order chi connectivity index (χ1) is 9.75. The first-order valence-electron chi connectivity index (χ1n) is 6.88. The normalized spacial score (nSPS) is 34.5. The van der Waals surface area contributed by atoms with Gasteiger partial charge in [-0.3, -0.25) is 4.79 Å². The largest absolute Gasteiger partial charge is 0.510 e. The highest BCUT2D eigenvalue weighted by molar-refractivity contribution is 6.01. The zero-order chi connectivity index (χ0) is 13.7. The van der Waals surface area contributed by atoms with Crippen molar-refractivity contribution in [3.63, 3.8) is 0 Å². The summed E-state index contributed by atoms with van der Waals surface area (Å²) >= 11 is 0. The molecule has 0 heterocycles. The van der Waals surface area contributed by atoms with Crippen molar-refractivity contribution in [3.05, 3.63) is 53.9 Å². The molecular formula is C16H14N2O2. The first kappa shape index (κ1) is 11.6. The summed E-state index contributed by atoms with van der Waals surface area (Å²) in [5, 5.41) is 18.4. The van der Waals surface area contributed by atoms with Crippen molar-refractivity contribution in [3.8, 4) is 0 Å². The summed E-state index contributed by atoms with van der Waals surface area (Å²) in [7, 11) is 0. The molecule has 0 aromatic heterocycles. The number of fused-ring (bicyclic) bond motifs is 5. The minimum Gasteiger partial charge on any atom is -0.510 e. The lowest BCUT2D eigenvalue weighted by atomic mass is 9.84. The van der Waals surface area contributed by atoms with Crippen molar-refractivity contribution in [2.75, 3.05) is 0 Å². The molecule has 0 radical (unpaired) electrons. The molecule has 1 saturated carbocycles. The van der Waals surface area contributed by atoms with E-state index >= 15 is 0 Å². The van der Waals surface area contributed by atoms with Gasteiger partial charge in [0.2, 0.25) is 0 Å². The van der Waals surface area contributed by atoms with Crippen LogP contribution in [0.15, 0.2) is 64.2 Å². The summed E-state index contributed by atoms with van der Waals surface area (Å²) in [6.07, 6.45) is 5.20. The molecule has 3 aliphatic carbocycles. The van der Waals surface area contributed by atoms with Crippen molar-refractivity contribution < 1.29 is 9.90 Å². The molecule has 4 heteroatoms. The number of carbonyl (C=O) groups is 1. The van der Waals surface area contributed by atoms with Gasteiger partial charge in [-0.05, 0) is 30.4 Å². The van der Waals surface area contributed by atoms with Gasteiger partial charge in [0.15, 0.2) is 11.5 Å². The Balaban J connectivity index is 1.66. The lowest BCUT2D eigenvalue weighted by Crippen LogP contribution is -2.22. The minimum absolute atomic E-state index is 0.0518. The summed E-state index contributed by atoms with van der Waals surface area (Å²) in [5.74, 6) is 0.458. The highest BCUT2D eigenvalue weighted by Gasteiger charge is 2.55. The lowest BCUT2D eigenvalue weighted by Gasteiger charge is -2.18. The topological polar surface area (TPSA) is 62.0 Å². The molecule has 0 amide bonds. The monoisotopic (exact) mass is 266 g/mol. The van der Waals surface area contributed by atoms with Gasteiger partial charge in [0.25, 0.3) is 0 Å². The van der Waals surface area contributed by atoms with Crippen LogP contribution < -0.4 is 0 Å². The molecule has 0 unspecified atom stereocenters. The van der Waals surface area contributed by atoms with Gasteiger partial charge in [-0.15, -0.1) is 5.11 Å². The third-order valence-corrected chi connectivity index (χ3v) is 4.58. The van der Waals surface area contributed by atoms with E-state index in [0.717, 1.165) is 6.42 Å². The number of aliphatic hydroxyl groups excluding tert-OH is 1. The molecule has 20 heavy (non-hydrogen) atoms. The maximum atomic E-state index is 12.4. The summed E-state index contributed by atoms with van der Waals surface area (Å²) < 4.78 is 0. The van der Waals surface area contributed by atoms with E-state index in [1.165, 1.54) is 0 Å². The molecule has 0 spiro atoms. The van der Waals surface area contributed by atoms with E-state index in [-0.39, 0.29) is 35.0 Å². The Kier molecular flexibility index (Phi) is 2.39. The fraction of sp³-hybridized carbons (Fsp3) is 0.312. The number of ketones is 1. The van der Waals surface area contributed by atoms with Gasteiger partial charge >= 0.3 is 0 Å². The van der Waals surface area contributed by atoms with Crippen molar-refractivity contribution in [1.82, 2.24) is 0 Å². The van der Waals surface area contributed by atoms with Crippen LogP contribution >= 0.6 is 0 Å². The van der Waals surface area contributed by atoms with Gasteiger partial charge in [0.05, 0.1) is 5.69 Å². The van der Waals surface area contributed by atoms with Crippen LogP contribution in [-0.2, 0) is 4.79 Å². The summed E-state index contributed by atoms with van der Waals surface area (Å²) in [6.45, 7) is 0. The Morgan fingerprint density at radius 3 is 2.40 bits per heavy atom. The molecule has 1 aromatic rings. The van der Waals surface area contributed by atoms with E-state index in [1.807, 2.05) is 30.3 Å². The second-order valence-corrected chi connectivity index (χ2v) is 5.63. The number of hydrogen-bond acceptors (Lipinski definition) is 4. The van der Waals surface area contributed by atoms with Crippen molar-refractivity contribution in [2.45, 2.75) is 6.42 Å². The van der Waals surface area contributed by atoms with Crippen LogP contribution in [0.5, 0.6) is 0 Å². The maximum Gasteiger partial charge on any atom is 0.190 e. The van der Waals surface area contributed by atoms with Crippen LogP contribution in [0.3, 0.4) is 0 Å². The van der Waals surface area contributed by atoms with Gasteiger partial charge in [-0.25, -0.2) is 0 Å². The van der Waals surface area contributed by atoms with E-state index in [4.69, 9.17) is 0 Å². The molecule has 4 nitrogen and oxygen atoms in total. The molecule has 3 aliphatic rings. The molecular weight excluding hydrogens is 252 g/mol. The highest BCUT2D eigenvalue weighted by Crippen LogP contribution is 2.55. The third-order valence-electron chi connectivity index (χ3n) is 4.58. The fourth-order valence-corrected chi connectivity index (χ4v) is 3.70. The lowest BCUT2D eigenvalue weighted by molar-refractivity contribution is -0.119. The highest BCUT2D eigenvalue weighted by atomic mass is 16.3. The van der Waals surface area contributed by atoms with E-state index in [9.17, 15) is 9.90 Å². The SMILES string of the molecule is O=C1C(N=Nc2ccccc2)=C(O)[C@@H]2[C@@H]1[C@@H]1C=C[C@H]2C1. The number of Topliss-reactive ketones (excluding diaryl/α,β-unsaturated/α-hetero) is 1. The van der Waals surface area contributed by atoms with E-state index in [1.54, 1.807) is 0 Å². The summed E-state index contributed by atoms with van der Waals surface area (Å²) in [6, 6.07) is 9.24. The number of rotatable bonds is 2. The fourth-order valence-electron chi connectivity index (χ4n) is 3.70. The quantitative estimate of drug-likeness (QED) is 0.657. The van der Waals surface area contributed by atoms with Gasteiger partial charge in [0, 0.05) is 11.8 Å². The molecule has 1 fully saturated rings. The van der Waals surface area contributed by atoms with Crippen LogP contribution in [0.25, 0.3) is 0 Å². The number of benzene rings is 1. The van der Waals surface area contributed by atoms with Gasteiger partial charge in [-0.2, -0.15) is 5.11 Å². The summed E-state index contributed by atoms with van der Waals surface area (Å²) in [4.78, 5) is 12.4. The summed E-state index contributed by atoms with van der Waals surface area (Å²) in [5.41, 5.74) is 0.834. The molecule has 1 N–H and O–H groups in total. The molecule has 1 aromatic carbocycles. The molecule has 0 aliphatic heterocycles. The van der Waals surface area contributed by atoms with Gasteiger partial charge < -0.3 is 5.11 Å². The molecule has 4 atom stereocenters. The van der Waals surface area contributed by atoms with Gasteiger partial charge in [-0.1, -0.05) is 30.4 Å². The van der Waals surface area contributed by atoms with Gasteiger partial charge in [0.1, 0.15) is 5.76 Å². The molecule has 100 valence electrons. The zero-order valence-corrected chi connectivity index (χ0v) is 10.8. The van der Waals surface area contributed by atoms with Crippen LogP contribution in [0.1, 0.15) is 6.42 Å². The number of carbonyl (C=O) groups excluding carboxylic acids is 1. The predicted octanol–water partition coefficient (Wildman–Crippen LogP) is 3.56. The number of azo groups is 1. The van der Waals surface area contributed by atoms with Crippen LogP contribution in [0.4, 0.5) is 5.69 Å². The Bertz CT molecular complexity index is 660. The number of nitrogens with zero attached hydrogens (tertiary/aromatic N) is 2. The average molecular weight is 266 g/mol. The Hall–Kier alpha value is -2.23. The Morgan fingerprint density at radius 1 is 1.00 bits per heavy atom. The number of hydrogen-bond donors (Lipinski definition) is 1. The third kappa shape index (κ3) is 1.51. The molecule has 0 saturated heterocycles. The van der Waals surface area contributed by atoms with E-state index in [2.05, 4.69) is 22.4 Å². The van der Waals surface area contributed by atoms with Crippen molar-refractivity contribution in [1.29, 1.82) is 0 Å². The maximum absolute atomic E-state index is 12.4. The predicted molar refractivity (Wildman–Crippen MR) is 73.3 cm³/mol. The first-order valence-corrected chi connectivity index (χ1v) is 6.88. The van der Waals surface area contributed by atoms with Crippen LogP contribution in [0, 0.1) is 23.7 Å². The number of allylic oxidation sites excluding steroid dienone is 4.